The van der Waals surface area contributed by atoms with E-state index in [9.17, 15) is 4.79 Å². The van der Waals surface area contributed by atoms with Gasteiger partial charge in [-0.05, 0) is 100 Å². The standard InChI is InChI=1S/C48H53N2O4/c1-7-52-40(51)19-9-8-14-23-48(6)35-16-11-12-17-36(35)49-24-22-29-27-39-30(25-33(29)44(48)49)26-34-43-47(4,5)41-37(50(43)28-46(2,3)45(34)54-39)21-20-32-31-15-10-13-18-38(31)53-42(32)41/h10-13,15-18,20-21,25-26,29,39,45H,7-9,14,19,22-24,27-28H2,1-6H3/q+1. The van der Waals surface area contributed by atoms with Gasteiger partial charge in [0.1, 0.15) is 17.3 Å². The number of furan rings is 1. The van der Waals surface area contributed by atoms with E-state index in [2.05, 4.69) is 117 Å². The average Bonchev–Trinajstić information content (AvgIpc) is 3.73. The van der Waals surface area contributed by atoms with Crippen molar-refractivity contribution >= 4 is 45.0 Å². The van der Waals surface area contributed by atoms with E-state index in [1.165, 1.54) is 61.4 Å². The molecule has 54 heavy (non-hydrogen) atoms. The number of fused-ring (bicyclic) bond motifs is 13. The molecule has 4 aromatic rings. The Kier molecular flexibility index (Phi) is 7.60. The monoisotopic (exact) mass is 721 g/mol. The molecule has 5 aliphatic heterocycles. The second kappa shape index (κ2) is 12.0. The van der Waals surface area contributed by atoms with Crippen LogP contribution in [0.1, 0.15) is 97.6 Å². The van der Waals surface area contributed by atoms with Crippen molar-refractivity contribution < 1.29 is 23.3 Å². The summed E-state index contributed by atoms with van der Waals surface area (Å²) >= 11 is 0. The molecule has 4 unspecified atom stereocenters. The van der Waals surface area contributed by atoms with Crippen LogP contribution in [0.3, 0.4) is 0 Å². The number of carbonyl (C=O) groups excluding carboxylic acids is 1. The Labute approximate surface area is 319 Å². The highest BCUT2D eigenvalue weighted by Crippen LogP contribution is 2.58. The van der Waals surface area contributed by atoms with E-state index in [0.717, 1.165) is 62.8 Å². The molecular formula is C48H53N2O4+. The molecule has 3 aromatic carbocycles. The molecule has 0 saturated heterocycles. The molecule has 0 spiro atoms. The summed E-state index contributed by atoms with van der Waals surface area (Å²) in [6.07, 6.45) is 11.9. The SMILES string of the molecule is CCOC(=O)CCCCCC1(C)C2=C3C=C4C=C5C6=[N+](CC(C)(C)C5OC4CC3CCN2c2ccccc21)c1ccc2c(oc3ccccc32)c1C6(C)C. The van der Waals surface area contributed by atoms with Gasteiger partial charge < -0.3 is 18.8 Å². The molecule has 0 radical (unpaired) electrons. The van der Waals surface area contributed by atoms with Crippen molar-refractivity contribution in [3.8, 4) is 0 Å². The van der Waals surface area contributed by atoms with Gasteiger partial charge in [0.2, 0.25) is 5.69 Å². The Morgan fingerprint density at radius 1 is 0.944 bits per heavy atom. The molecule has 4 atom stereocenters. The van der Waals surface area contributed by atoms with Crippen LogP contribution in [0.15, 0.2) is 99.6 Å². The first-order chi connectivity index (χ1) is 26.0. The first-order valence-electron chi connectivity index (χ1n) is 20.5. The van der Waals surface area contributed by atoms with Crippen LogP contribution in [0.25, 0.3) is 21.9 Å². The van der Waals surface area contributed by atoms with E-state index in [4.69, 9.17) is 13.9 Å². The molecule has 6 nitrogen and oxygen atoms in total. The van der Waals surface area contributed by atoms with Gasteiger partial charge in [-0.1, -0.05) is 69.2 Å². The van der Waals surface area contributed by atoms with E-state index < -0.39 is 0 Å². The number of hydrogen-bond donors (Lipinski definition) is 0. The molecule has 0 bridgehead atoms. The van der Waals surface area contributed by atoms with Crippen molar-refractivity contribution in [2.45, 2.75) is 110 Å². The summed E-state index contributed by atoms with van der Waals surface area (Å²) in [5.74, 6) is 0.396. The van der Waals surface area contributed by atoms with Crippen molar-refractivity contribution in [2.24, 2.45) is 11.3 Å². The summed E-state index contributed by atoms with van der Waals surface area (Å²) in [6.45, 7) is 16.3. The molecule has 6 heteroatoms. The van der Waals surface area contributed by atoms with Gasteiger partial charge in [-0.3, -0.25) is 4.79 Å². The van der Waals surface area contributed by atoms with Crippen molar-refractivity contribution in [3.63, 3.8) is 0 Å². The summed E-state index contributed by atoms with van der Waals surface area (Å²) in [6, 6.07) is 22.1. The van der Waals surface area contributed by atoms with Crippen LogP contribution in [0.5, 0.6) is 0 Å². The van der Waals surface area contributed by atoms with E-state index in [0.29, 0.717) is 18.9 Å². The topological polar surface area (TPSA) is 54.9 Å². The molecule has 1 aliphatic carbocycles. The van der Waals surface area contributed by atoms with Crippen LogP contribution in [0.2, 0.25) is 0 Å². The highest BCUT2D eigenvalue weighted by Gasteiger charge is 2.59. The van der Waals surface area contributed by atoms with Gasteiger partial charge in [-0.15, -0.1) is 0 Å². The quantitative estimate of drug-likeness (QED) is 0.108. The minimum atomic E-state index is -0.264. The van der Waals surface area contributed by atoms with Crippen LogP contribution in [-0.4, -0.2) is 48.2 Å². The van der Waals surface area contributed by atoms with Crippen molar-refractivity contribution in [1.82, 2.24) is 0 Å². The van der Waals surface area contributed by atoms with E-state index in [1.54, 1.807) is 0 Å². The number of nitrogens with zero attached hydrogens (tertiary/aromatic N) is 2. The predicted molar refractivity (Wildman–Crippen MR) is 216 cm³/mol. The highest BCUT2D eigenvalue weighted by atomic mass is 16.5. The molecule has 0 amide bonds. The molecule has 6 heterocycles. The Hall–Kier alpha value is -4.42. The maximum Gasteiger partial charge on any atom is 0.305 e. The minimum Gasteiger partial charge on any atom is -0.466 e. The van der Waals surface area contributed by atoms with Gasteiger partial charge in [0.15, 0.2) is 12.3 Å². The Morgan fingerprint density at radius 3 is 2.61 bits per heavy atom. The zero-order valence-corrected chi connectivity index (χ0v) is 32.8. The number of unbranched alkanes of at least 4 members (excludes halogenated alkanes) is 2. The lowest BCUT2D eigenvalue weighted by molar-refractivity contribution is -0.466. The maximum absolute atomic E-state index is 12.0. The normalized spacial score (nSPS) is 27.1. The van der Waals surface area contributed by atoms with Crippen LogP contribution < -0.4 is 4.90 Å². The number of benzene rings is 3. The average molecular weight is 722 g/mol. The van der Waals surface area contributed by atoms with Gasteiger partial charge in [0.05, 0.1) is 29.1 Å². The zero-order chi connectivity index (χ0) is 37.1. The number of hydrogen-bond acceptors (Lipinski definition) is 5. The molecule has 10 rings (SSSR count). The molecule has 0 N–H and O–H groups in total. The minimum absolute atomic E-state index is 0.0237. The van der Waals surface area contributed by atoms with Crippen LogP contribution >= 0.6 is 0 Å². The van der Waals surface area contributed by atoms with E-state index in [1.807, 2.05) is 6.92 Å². The fourth-order valence-electron chi connectivity index (χ4n) is 11.5. The molecule has 1 aromatic heterocycles. The summed E-state index contributed by atoms with van der Waals surface area (Å²) in [5.41, 5.74) is 13.9. The van der Waals surface area contributed by atoms with Crippen molar-refractivity contribution in [2.75, 3.05) is 24.6 Å². The van der Waals surface area contributed by atoms with Gasteiger partial charge in [-0.25, -0.2) is 0 Å². The lowest BCUT2D eigenvalue weighted by atomic mass is 9.67. The smallest absolute Gasteiger partial charge is 0.305 e. The molecular weight excluding hydrogens is 669 g/mol. The third kappa shape index (κ3) is 4.80. The first-order valence-corrected chi connectivity index (χ1v) is 20.5. The Bertz CT molecular complexity index is 2390. The summed E-state index contributed by atoms with van der Waals surface area (Å²) < 4.78 is 21.8. The second-order valence-corrected chi connectivity index (χ2v) is 18.1. The number of allylic oxidation sites excluding steroid dienone is 3. The third-order valence-electron chi connectivity index (χ3n) is 13.8. The van der Waals surface area contributed by atoms with Gasteiger partial charge in [0, 0.05) is 52.2 Å². The van der Waals surface area contributed by atoms with Crippen LogP contribution in [0, 0.1) is 11.3 Å². The zero-order valence-electron chi connectivity index (χ0n) is 32.8. The summed E-state index contributed by atoms with van der Waals surface area (Å²) in [5, 5.41) is 2.37. The highest BCUT2D eigenvalue weighted by molar-refractivity contribution is 6.14. The fraction of sp³-hybridized carbons (Fsp3) is 0.458. The molecule has 0 fully saturated rings. The first kappa shape index (κ1) is 34.1. The molecule has 6 aliphatic rings. The third-order valence-corrected chi connectivity index (χ3v) is 13.8. The lowest BCUT2D eigenvalue weighted by Gasteiger charge is -2.47. The summed E-state index contributed by atoms with van der Waals surface area (Å²) in [7, 11) is 0. The fourth-order valence-corrected chi connectivity index (χ4v) is 11.5. The number of anilines is 1. The Balaban J connectivity index is 1.06. The second-order valence-electron chi connectivity index (χ2n) is 18.1. The largest absolute Gasteiger partial charge is 0.466 e. The summed E-state index contributed by atoms with van der Waals surface area (Å²) in [4.78, 5) is 14.7. The van der Waals surface area contributed by atoms with Crippen LogP contribution in [-0.2, 0) is 25.1 Å². The van der Waals surface area contributed by atoms with Gasteiger partial charge in [0.25, 0.3) is 0 Å². The lowest BCUT2D eigenvalue weighted by Crippen LogP contribution is -2.53. The van der Waals surface area contributed by atoms with Gasteiger partial charge in [-0.2, -0.15) is 4.58 Å². The van der Waals surface area contributed by atoms with Crippen molar-refractivity contribution in [3.05, 3.63) is 106 Å². The predicted octanol–water partition coefficient (Wildman–Crippen LogP) is 10.6. The van der Waals surface area contributed by atoms with Crippen LogP contribution in [0.4, 0.5) is 11.4 Å². The number of rotatable bonds is 7. The number of esters is 1. The van der Waals surface area contributed by atoms with Gasteiger partial charge >= 0.3 is 5.97 Å². The van der Waals surface area contributed by atoms with Crippen molar-refractivity contribution in [1.29, 1.82) is 0 Å². The van der Waals surface area contributed by atoms with E-state index >= 15 is 0 Å². The Morgan fingerprint density at radius 2 is 1.76 bits per heavy atom. The molecule has 278 valence electrons. The number of para-hydroxylation sites is 2. The van der Waals surface area contributed by atoms with E-state index in [-0.39, 0.29) is 34.4 Å². The maximum atomic E-state index is 12.0. The molecule has 0 saturated carbocycles. The number of carbonyl (C=O) groups is 1. The number of ether oxygens (including phenoxy) is 2.